The van der Waals surface area contributed by atoms with Gasteiger partial charge in [0, 0.05) is 17.7 Å². The zero-order valence-corrected chi connectivity index (χ0v) is 9.01. The molecule has 3 rings (SSSR count). The first-order chi connectivity index (χ1) is 7.75. The Kier molecular flexibility index (Phi) is 1.83. The highest BCUT2D eigenvalue weighted by Gasteiger charge is 2.09. The molecule has 0 aliphatic carbocycles. The number of hydrogen-bond donors (Lipinski definition) is 1. The lowest BCUT2D eigenvalue weighted by Crippen LogP contribution is -2.21. The first-order valence-electron chi connectivity index (χ1n) is 5.28. The Bertz CT molecular complexity index is 689. The zero-order chi connectivity index (χ0) is 11.1. The number of aryl methyl sites for hydroxylation is 1. The minimum Gasteiger partial charge on any atom is -0.508 e. The van der Waals surface area contributed by atoms with E-state index in [1.54, 1.807) is 12.1 Å². The number of phenolic OH excluding ortho intramolecular Hbond substituents is 1. The van der Waals surface area contributed by atoms with E-state index in [2.05, 4.69) is 17.4 Å². The van der Waals surface area contributed by atoms with Gasteiger partial charge in [-0.15, -0.1) is 0 Å². The van der Waals surface area contributed by atoms with E-state index in [1.165, 1.54) is 16.5 Å². The van der Waals surface area contributed by atoms with Crippen LogP contribution in [0.15, 0.2) is 48.8 Å². The molecule has 2 nitrogen and oxygen atoms in total. The van der Waals surface area contributed by atoms with Crippen LogP contribution in [-0.2, 0) is 0 Å². The van der Waals surface area contributed by atoms with Gasteiger partial charge in [0.2, 0.25) is 5.52 Å². The standard InChI is InChI=1S/C14H11NO/c1-10-13-6-5-12(16)8-11(13)9-15-7-3-2-4-14(10)15/h2-9H,1H3/p+1. The van der Waals surface area contributed by atoms with Crippen LogP contribution < -0.4 is 4.40 Å². The Balaban J connectivity index is 2.55. The Labute approximate surface area is 93.4 Å². The maximum absolute atomic E-state index is 9.48. The van der Waals surface area contributed by atoms with Crippen LogP contribution >= 0.6 is 0 Å². The lowest BCUT2D eigenvalue weighted by atomic mass is 10.1. The minimum absolute atomic E-state index is 0.308. The molecule has 2 aromatic heterocycles. The molecule has 1 N–H and O–H groups in total. The predicted molar refractivity (Wildman–Crippen MR) is 63.5 cm³/mol. The normalized spacial score (nSPS) is 11.1. The number of aromatic nitrogens is 1. The third kappa shape index (κ3) is 1.23. The fourth-order valence-electron chi connectivity index (χ4n) is 2.17. The van der Waals surface area contributed by atoms with Gasteiger partial charge in [-0.25, -0.2) is 0 Å². The van der Waals surface area contributed by atoms with Gasteiger partial charge in [0.15, 0.2) is 12.4 Å². The van der Waals surface area contributed by atoms with Crippen molar-refractivity contribution in [1.82, 2.24) is 0 Å². The van der Waals surface area contributed by atoms with Gasteiger partial charge in [0.1, 0.15) is 5.75 Å². The average Bonchev–Trinajstić information content (AvgIpc) is 2.29. The van der Waals surface area contributed by atoms with E-state index >= 15 is 0 Å². The summed E-state index contributed by atoms with van der Waals surface area (Å²) < 4.78 is 2.08. The van der Waals surface area contributed by atoms with Gasteiger partial charge in [0.25, 0.3) is 0 Å². The Morgan fingerprint density at radius 3 is 2.88 bits per heavy atom. The maximum atomic E-state index is 9.48. The summed E-state index contributed by atoms with van der Waals surface area (Å²) in [6.45, 7) is 2.11. The second-order valence-electron chi connectivity index (χ2n) is 4.02. The van der Waals surface area contributed by atoms with Gasteiger partial charge in [0.05, 0.1) is 5.39 Å². The predicted octanol–water partition coefficient (Wildman–Crippen LogP) is 2.59. The summed E-state index contributed by atoms with van der Waals surface area (Å²) in [6.07, 6.45) is 4.06. The zero-order valence-electron chi connectivity index (χ0n) is 9.01. The topological polar surface area (TPSA) is 24.3 Å². The minimum atomic E-state index is 0.308. The fraction of sp³-hybridized carbons (Fsp3) is 0.0714. The molecule has 16 heavy (non-hydrogen) atoms. The second-order valence-corrected chi connectivity index (χ2v) is 4.02. The highest BCUT2D eigenvalue weighted by Crippen LogP contribution is 2.23. The number of aromatic hydroxyl groups is 1. The van der Waals surface area contributed by atoms with Crippen molar-refractivity contribution in [2.75, 3.05) is 0 Å². The molecule has 0 aliphatic heterocycles. The molecule has 3 aromatic rings. The Morgan fingerprint density at radius 1 is 1.12 bits per heavy atom. The van der Waals surface area contributed by atoms with Crippen molar-refractivity contribution in [2.24, 2.45) is 0 Å². The number of nitrogens with zero attached hydrogens (tertiary/aromatic N) is 1. The molecule has 0 unspecified atom stereocenters. The van der Waals surface area contributed by atoms with Crippen LogP contribution in [0.5, 0.6) is 5.75 Å². The summed E-state index contributed by atoms with van der Waals surface area (Å²) in [7, 11) is 0. The van der Waals surface area contributed by atoms with Crippen molar-refractivity contribution >= 4 is 16.3 Å². The van der Waals surface area contributed by atoms with Crippen LogP contribution in [0.4, 0.5) is 0 Å². The molecule has 0 radical (unpaired) electrons. The highest BCUT2D eigenvalue weighted by atomic mass is 16.3. The highest BCUT2D eigenvalue weighted by molar-refractivity contribution is 5.88. The fourth-order valence-corrected chi connectivity index (χ4v) is 2.17. The summed E-state index contributed by atoms with van der Waals surface area (Å²) >= 11 is 0. The molecule has 0 amide bonds. The number of phenols is 1. The lowest BCUT2D eigenvalue weighted by molar-refractivity contribution is -0.510. The van der Waals surface area contributed by atoms with Crippen LogP contribution in [0.2, 0.25) is 0 Å². The smallest absolute Gasteiger partial charge is 0.214 e. The van der Waals surface area contributed by atoms with Crippen molar-refractivity contribution in [2.45, 2.75) is 6.92 Å². The van der Waals surface area contributed by atoms with Gasteiger partial charge in [-0.3, -0.25) is 0 Å². The average molecular weight is 210 g/mol. The van der Waals surface area contributed by atoms with Gasteiger partial charge in [-0.1, -0.05) is 0 Å². The van der Waals surface area contributed by atoms with E-state index in [0.29, 0.717) is 5.75 Å². The molecule has 2 heterocycles. The molecule has 0 spiro atoms. The number of benzene rings is 1. The Morgan fingerprint density at radius 2 is 2.00 bits per heavy atom. The van der Waals surface area contributed by atoms with E-state index < -0.39 is 0 Å². The third-order valence-electron chi connectivity index (χ3n) is 2.99. The Hall–Kier alpha value is -2.09. The van der Waals surface area contributed by atoms with E-state index in [9.17, 15) is 5.11 Å². The SMILES string of the molecule is Cc1c2ccc(O)cc2c[n+]2ccccc12. The maximum Gasteiger partial charge on any atom is 0.214 e. The molecule has 0 aliphatic rings. The molecule has 2 heteroatoms. The van der Waals surface area contributed by atoms with Gasteiger partial charge in [-0.2, -0.15) is 4.40 Å². The molecule has 1 aromatic carbocycles. The van der Waals surface area contributed by atoms with Crippen molar-refractivity contribution < 1.29 is 9.51 Å². The van der Waals surface area contributed by atoms with Crippen LogP contribution in [0.1, 0.15) is 5.56 Å². The molecule has 0 bridgehead atoms. The van der Waals surface area contributed by atoms with Crippen molar-refractivity contribution in [1.29, 1.82) is 0 Å². The van der Waals surface area contributed by atoms with Crippen LogP contribution in [-0.4, -0.2) is 5.11 Å². The van der Waals surface area contributed by atoms with Gasteiger partial charge >= 0.3 is 0 Å². The van der Waals surface area contributed by atoms with Crippen LogP contribution in [0.25, 0.3) is 16.3 Å². The first kappa shape index (κ1) is 9.16. The van der Waals surface area contributed by atoms with Gasteiger partial charge in [-0.05, 0) is 36.6 Å². The van der Waals surface area contributed by atoms with Crippen LogP contribution in [0, 0.1) is 6.92 Å². The summed E-state index contributed by atoms with van der Waals surface area (Å²) in [5.41, 5.74) is 2.43. The molecular formula is C14H12NO+. The molecule has 0 saturated heterocycles. The molecular weight excluding hydrogens is 198 g/mol. The second kappa shape index (κ2) is 3.20. The van der Waals surface area contributed by atoms with Crippen molar-refractivity contribution in [3.63, 3.8) is 0 Å². The largest absolute Gasteiger partial charge is 0.508 e. The van der Waals surface area contributed by atoms with E-state index in [1.807, 2.05) is 30.6 Å². The van der Waals surface area contributed by atoms with E-state index in [0.717, 1.165) is 5.39 Å². The summed E-state index contributed by atoms with van der Waals surface area (Å²) in [4.78, 5) is 0. The monoisotopic (exact) mass is 210 g/mol. The quantitative estimate of drug-likeness (QED) is 0.447. The van der Waals surface area contributed by atoms with E-state index in [-0.39, 0.29) is 0 Å². The molecule has 0 atom stereocenters. The molecule has 78 valence electrons. The molecule has 0 fully saturated rings. The summed E-state index contributed by atoms with van der Waals surface area (Å²) in [6, 6.07) is 11.6. The molecule has 0 saturated carbocycles. The number of fused-ring (bicyclic) bond motifs is 2. The summed E-state index contributed by atoms with van der Waals surface area (Å²) in [5.74, 6) is 0.308. The van der Waals surface area contributed by atoms with Gasteiger partial charge < -0.3 is 5.11 Å². The summed E-state index contributed by atoms with van der Waals surface area (Å²) in [5, 5.41) is 11.7. The van der Waals surface area contributed by atoms with E-state index in [4.69, 9.17) is 0 Å². The van der Waals surface area contributed by atoms with Crippen molar-refractivity contribution in [3.8, 4) is 5.75 Å². The number of hydrogen-bond acceptors (Lipinski definition) is 1. The third-order valence-corrected chi connectivity index (χ3v) is 2.99. The first-order valence-corrected chi connectivity index (χ1v) is 5.28. The van der Waals surface area contributed by atoms with Crippen molar-refractivity contribution in [3.05, 3.63) is 54.4 Å². The van der Waals surface area contributed by atoms with Crippen LogP contribution in [0.3, 0.4) is 0 Å². The number of pyridine rings is 2. The lowest BCUT2D eigenvalue weighted by Gasteiger charge is -2.02. The number of rotatable bonds is 0.